The van der Waals surface area contributed by atoms with Gasteiger partial charge in [0.05, 0.1) is 0 Å². The van der Waals surface area contributed by atoms with Gasteiger partial charge in [-0.15, -0.1) is 0 Å². The van der Waals surface area contributed by atoms with E-state index in [2.05, 4.69) is 0 Å². The van der Waals surface area contributed by atoms with Crippen LogP contribution >= 0.6 is 0 Å². The van der Waals surface area contributed by atoms with Gasteiger partial charge in [0.15, 0.2) is 12.4 Å². The Bertz CT molecular complexity index is 690. The molecule has 126 valence electrons. The van der Waals surface area contributed by atoms with Crippen molar-refractivity contribution in [1.82, 2.24) is 4.90 Å². The summed E-state index contributed by atoms with van der Waals surface area (Å²) in [7, 11) is 1.76. The molecule has 24 heavy (non-hydrogen) atoms. The molecule has 0 N–H and O–H groups in total. The van der Waals surface area contributed by atoms with Crippen LogP contribution in [0.15, 0.2) is 48.5 Å². The summed E-state index contributed by atoms with van der Waals surface area (Å²) < 4.78 is 5.51. The van der Waals surface area contributed by atoms with Crippen molar-refractivity contribution in [2.24, 2.45) is 0 Å². The number of ketones is 1. The number of Topliss-reactive ketones (excluding diaryl/α,β-unsaturated/α-hetero) is 1. The van der Waals surface area contributed by atoms with Gasteiger partial charge in [-0.1, -0.05) is 36.8 Å². The fourth-order valence-electron chi connectivity index (χ4n) is 2.25. The molecule has 0 aliphatic carbocycles. The molecule has 4 nitrogen and oxygen atoms in total. The van der Waals surface area contributed by atoms with E-state index in [1.807, 2.05) is 38.1 Å². The highest BCUT2D eigenvalue weighted by molar-refractivity contribution is 5.95. The molecule has 0 atom stereocenters. The van der Waals surface area contributed by atoms with E-state index in [0.29, 0.717) is 24.3 Å². The molecule has 0 heterocycles. The number of amides is 1. The molecule has 0 bridgehead atoms. The Morgan fingerprint density at radius 2 is 1.62 bits per heavy atom. The van der Waals surface area contributed by atoms with Gasteiger partial charge >= 0.3 is 0 Å². The van der Waals surface area contributed by atoms with E-state index in [1.54, 1.807) is 36.2 Å². The maximum atomic E-state index is 12.2. The molecule has 2 aromatic rings. The van der Waals surface area contributed by atoms with Gasteiger partial charge in [0, 0.05) is 25.6 Å². The van der Waals surface area contributed by atoms with Crippen LogP contribution in [0.4, 0.5) is 0 Å². The number of ether oxygens (including phenoxy) is 1. The molecule has 1 amide bonds. The number of carbonyl (C=O) groups is 2. The predicted molar refractivity (Wildman–Crippen MR) is 94.2 cm³/mol. The van der Waals surface area contributed by atoms with E-state index in [0.717, 1.165) is 5.56 Å². The van der Waals surface area contributed by atoms with Crippen LogP contribution in [0.2, 0.25) is 0 Å². The average molecular weight is 325 g/mol. The minimum absolute atomic E-state index is 0.0244. The molecule has 0 saturated carbocycles. The normalized spacial score (nSPS) is 10.3. The van der Waals surface area contributed by atoms with Crippen LogP contribution in [0.1, 0.15) is 34.8 Å². The molecule has 0 spiro atoms. The standard InChI is InChI=1S/C20H23NO3/c1-4-19(22)17-9-11-18(12-10-17)24-14-20(23)21(3)13-16-7-5-15(2)6-8-16/h5-12H,4,13-14H2,1-3H3. The van der Waals surface area contributed by atoms with Gasteiger partial charge < -0.3 is 9.64 Å². The van der Waals surface area contributed by atoms with Crippen molar-refractivity contribution in [3.8, 4) is 5.75 Å². The molecule has 0 fully saturated rings. The lowest BCUT2D eigenvalue weighted by atomic mass is 10.1. The molecule has 0 aliphatic heterocycles. The second-order valence-corrected chi connectivity index (χ2v) is 5.83. The van der Waals surface area contributed by atoms with Crippen molar-refractivity contribution >= 4 is 11.7 Å². The lowest BCUT2D eigenvalue weighted by molar-refractivity contribution is -0.132. The Balaban J connectivity index is 1.85. The van der Waals surface area contributed by atoms with Crippen LogP contribution in [-0.2, 0) is 11.3 Å². The van der Waals surface area contributed by atoms with Crippen molar-refractivity contribution < 1.29 is 14.3 Å². The van der Waals surface area contributed by atoms with E-state index in [1.165, 1.54) is 5.56 Å². The molecule has 0 saturated heterocycles. The number of rotatable bonds is 7. The van der Waals surface area contributed by atoms with Crippen LogP contribution < -0.4 is 4.74 Å². The zero-order valence-electron chi connectivity index (χ0n) is 14.4. The van der Waals surface area contributed by atoms with Crippen molar-refractivity contribution in [2.75, 3.05) is 13.7 Å². The van der Waals surface area contributed by atoms with Gasteiger partial charge in [0.25, 0.3) is 5.91 Å². The number of hydrogen-bond acceptors (Lipinski definition) is 3. The predicted octanol–water partition coefficient (Wildman–Crippen LogP) is 3.63. The Labute approximate surface area is 143 Å². The second-order valence-electron chi connectivity index (χ2n) is 5.83. The van der Waals surface area contributed by atoms with E-state index in [-0.39, 0.29) is 18.3 Å². The first-order valence-electron chi connectivity index (χ1n) is 8.05. The minimum Gasteiger partial charge on any atom is -0.484 e. The van der Waals surface area contributed by atoms with Gasteiger partial charge in [0.2, 0.25) is 0 Å². The summed E-state index contributed by atoms with van der Waals surface area (Å²) in [5.74, 6) is 0.583. The molecule has 2 aromatic carbocycles. The number of nitrogens with zero attached hydrogens (tertiary/aromatic N) is 1. The molecular weight excluding hydrogens is 302 g/mol. The van der Waals surface area contributed by atoms with Crippen molar-refractivity contribution in [3.05, 3.63) is 65.2 Å². The summed E-state index contributed by atoms with van der Waals surface area (Å²) in [6.45, 7) is 4.39. The number of benzene rings is 2. The number of aryl methyl sites for hydroxylation is 1. The smallest absolute Gasteiger partial charge is 0.260 e. The largest absolute Gasteiger partial charge is 0.484 e. The maximum Gasteiger partial charge on any atom is 0.260 e. The summed E-state index contributed by atoms with van der Waals surface area (Å²) in [5.41, 5.74) is 2.94. The maximum absolute atomic E-state index is 12.2. The topological polar surface area (TPSA) is 46.6 Å². The van der Waals surface area contributed by atoms with Crippen LogP contribution in [0.5, 0.6) is 5.75 Å². The minimum atomic E-state index is -0.0933. The van der Waals surface area contributed by atoms with Gasteiger partial charge in [0.1, 0.15) is 5.75 Å². The first-order chi connectivity index (χ1) is 11.5. The van der Waals surface area contributed by atoms with E-state index >= 15 is 0 Å². The van der Waals surface area contributed by atoms with Crippen molar-refractivity contribution in [1.29, 1.82) is 0 Å². The lowest BCUT2D eigenvalue weighted by Crippen LogP contribution is -2.30. The van der Waals surface area contributed by atoms with Crippen LogP contribution in [0, 0.1) is 6.92 Å². The summed E-state index contributed by atoms with van der Waals surface area (Å²) >= 11 is 0. The number of hydrogen-bond donors (Lipinski definition) is 0. The highest BCUT2D eigenvalue weighted by Crippen LogP contribution is 2.14. The molecule has 0 unspecified atom stereocenters. The molecule has 0 radical (unpaired) electrons. The Kier molecular flexibility index (Phi) is 6.13. The van der Waals surface area contributed by atoms with E-state index in [4.69, 9.17) is 4.74 Å². The highest BCUT2D eigenvalue weighted by atomic mass is 16.5. The molecular formula is C20H23NO3. The van der Waals surface area contributed by atoms with Crippen molar-refractivity contribution in [2.45, 2.75) is 26.8 Å². The van der Waals surface area contributed by atoms with E-state index < -0.39 is 0 Å². The Hall–Kier alpha value is -2.62. The van der Waals surface area contributed by atoms with Crippen LogP contribution in [0.3, 0.4) is 0 Å². The first-order valence-corrected chi connectivity index (χ1v) is 8.05. The monoisotopic (exact) mass is 325 g/mol. The first kappa shape index (κ1) is 17.7. The third-order valence-corrected chi connectivity index (χ3v) is 3.83. The fourth-order valence-corrected chi connectivity index (χ4v) is 2.25. The number of likely N-dealkylation sites (N-methyl/N-ethyl adjacent to an activating group) is 1. The quantitative estimate of drug-likeness (QED) is 0.730. The Morgan fingerprint density at radius 1 is 1.00 bits per heavy atom. The Morgan fingerprint density at radius 3 is 2.21 bits per heavy atom. The average Bonchev–Trinajstić information content (AvgIpc) is 2.61. The second kappa shape index (κ2) is 8.29. The van der Waals surface area contributed by atoms with Gasteiger partial charge in [-0.05, 0) is 36.8 Å². The zero-order chi connectivity index (χ0) is 17.5. The summed E-state index contributed by atoms with van der Waals surface area (Å²) in [6.07, 6.45) is 0.475. The fraction of sp³-hybridized carbons (Fsp3) is 0.300. The highest BCUT2D eigenvalue weighted by Gasteiger charge is 2.10. The lowest BCUT2D eigenvalue weighted by Gasteiger charge is -2.17. The molecule has 4 heteroatoms. The molecule has 0 aliphatic rings. The van der Waals surface area contributed by atoms with Crippen LogP contribution in [-0.4, -0.2) is 30.2 Å². The summed E-state index contributed by atoms with van der Waals surface area (Å²) in [4.78, 5) is 25.4. The van der Waals surface area contributed by atoms with E-state index in [9.17, 15) is 9.59 Å². The van der Waals surface area contributed by atoms with Crippen LogP contribution in [0.25, 0.3) is 0 Å². The summed E-state index contributed by atoms with van der Waals surface area (Å²) in [6, 6.07) is 15.0. The SMILES string of the molecule is CCC(=O)c1ccc(OCC(=O)N(C)Cc2ccc(C)cc2)cc1. The number of carbonyl (C=O) groups excluding carboxylic acids is 2. The van der Waals surface area contributed by atoms with Gasteiger partial charge in [-0.25, -0.2) is 0 Å². The third kappa shape index (κ3) is 4.95. The van der Waals surface area contributed by atoms with Gasteiger partial charge in [-0.3, -0.25) is 9.59 Å². The zero-order valence-corrected chi connectivity index (χ0v) is 14.4. The third-order valence-electron chi connectivity index (χ3n) is 3.83. The summed E-state index contributed by atoms with van der Waals surface area (Å²) in [5, 5.41) is 0. The molecule has 2 rings (SSSR count). The molecule has 0 aromatic heterocycles. The van der Waals surface area contributed by atoms with Gasteiger partial charge in [-0.2, -0.15) is 0 Å². The van der Waals surface area contributed by atoms with Crippen molar-refractivity contribution in [3.63, 3.8) is 0 Å².